The number of rotatable bonds is 3. The van der Waals surface area contributed by atoms with E-state index in [1.165, 1.54) is 29.4 Å². The summed E-state index contributed by atoms with van der Waals surface area (Å²) in [5.74, 6) is -0.936. The highest BCUT2D eigenvalue weighted by molar-refractivity contribution is 6.00. The maximum absolute atomic E-state index is 13.0. The van der Waals surface area contributed by atoms with Gasteiger partial charge in [0, 0.05) is 18.7 Å². The number of nitrogens with zero attached hydrogens (tertiary/aromatic N) is 1. The van der Waals surface area contributed by atoms with Crippen molar-refractivity contribution >= 4 is 17.5 Å². The molecule has 0 radical (unpaired) electrons. The highest BCUT2D eigenvalue weighted by atomic mass is 19.4. The van der Waals surface area contributed by atoms with Crippen LogP contribution in [0.25, 0.3) is 0 Å². The van der Waals surface area contributed by atoms with Crippen LogP contribution in [0.15, 0.2) is 71.3 Å². The molecule has 2 heterocycles. The number of hydrogen-bond donors (Lipinski definition) is 1. The van der Waals surface area contributed by atoms with Gasteiger partial charge in [-0.2, -0.15) is 13.2 Å². The largest absolute Gasteiger partial charge is 0.459 e. The molecule has 4 rings (SSSR count). The fourth-order valence-corrected chi connectivity index (χ4v) is 3.51. The van der Waals surface area contributed by atoms with Gasteiger partial charge in [0.15, 0.2) is 5.76 Å². The predicted octanol–water partition coefficient (Wildman–Crippen LogP) is 4.50. The summed E-state index contributed by atoms with van der Waals surface area (Å²) in [6.07, 6.45) is -2.91. The van der Waals surface area contributed by atoms with E-state index < -0.39 is 29.6 Å². The van der Waals surface area contributed by atoms with Crippen LogP contribution in [0.2, 0.25) is 0 Å². The average molecular weight is 414 g/mol. The van der Waals surface area contributed by atoms with Gasteiger partial charge >= 0.3 is 6.18 Å². The lowest BCUT2D eigenvalue weighted by Gasteiger charge is -2.35. The molecule has 5 nitrogen and oxygen atoms in total. The van der Waals surface area contributed by atoms with Gasteiger partial charge in [0.2, 0.25) is 5.91 Å². The zero-order chi connectivity index (χ0) is 21.3. The second kappa shape index (κ2) is 7.70. The van der Waals surface area contributed by atoms with Gasteiger partial charge in [0.05, 0.1) is 11.8 Å². The molecule has 0 aliphatic carbocycles. The number of carbonyl (C=O) groups excluding carboxylic acids is 2. The molecule has 0 saturated heterocycles. The van der Waals surface area contributed by atoms with Crippen LogP contribution >= 0.6 is 0 Å². The summed E-state index contributed by atoms with van der Waals surface area (Å²) >= 11 is 0. The van der Waals surface area contributed by atoms with Crippen molar-refractivity contribution in [3.8, 4) is 0 Å². The first-order chi connectivity index (χ1) is 14.3. The molecule has 8 heteroatoms. The Bertz CT molecular complexity index is 1080. The molecule has 1 unspecified atom stereocenters. The smallest absolute Gasteiger partial charge is 0.416 e. The summed E-state index contributed by atoms with van der Waals surface area (Å²) in [5, 5.41) is 2.52. The van der Waals surface area contributed by atoms with Gasteiger partial charge in [-0.05, 0) is 41.5 Å². The lowest BCUT2D eigenvalue weighted by Crippen LogP contribution is -2.50. The summed E-state index contributed by atoms with van der Waals surface area (Å²) in [7, 11) is 0. The van der Waals surface area contributed by atoms with Crippen molar-refractivity contribution in [2.75, 3.05) is 5.32 Å². The number of halogens is 3. The molecule has 0 fully saturated rings. The van der Waals surface area contributed by atoms with Crippen molar-refractivity contribution in [2.45, 2.75) is 25.2 Å². The number of nitrogens with one attached hydrogen (secondary N) is 1. The Morgan fingerprint density at radius 1 is 1.00 bits per heavy atom. The van der Waals surface area contributed by atoms with Gasteiger partial charge in [0.25, 0.3) is 5.91 Å². The first kappa shape index (κ1) is 19.8. The number of carbonyl (C=O) groups is 2. The first-order valence-electron chi connectivity index (χ1n) is 9.22. The minimum atomic E-state index is -4.52. The number of anilines is 1. The van der Waals surface area contributed by atoms with Gasteiger partial charge in [-0.25, -0.2) is 0 Å². The Labute approximate surface area is 170 Å². The van der Waals surface area contributed by atoms with Crippen LogP contribution in [0.1, 0.15) is 27.2 Å². The molecule has 0 saturated carbocycles. The Hall–Kier alpha value is -3.55. The molecule has 1 N–H and O–H groups in total. The molecule has 1 atom stereocenters. The van der Waals surface area contributed by atoms with Gasteiger partial charge in [0.1, 0.15) is 6.04 Å². The predicted molar refractivity (Wildman–Crippen MR) is 103 cm³/mol. The summed E-state index contributed by atoms with van der Waals surface area (Å²) in [5.41, 5.74) is 0.961. The average Bonchev–Trinajstić information content (AvgIpc) is 3.27. The van der Waals surface area contributed by atoms with E-state index in [9.17, 15) is 22.8 Å². The van der Waals surface area contributed by atoms with Gasteiger partial charge in [-0.1, -0.05) is 30.3 Å². The molecule has 154 valence electrons. The highest BCUT2D eigenvalue weighted by Gasteiger charge is 2.36. The summed E-state index contributed by atoms with van der Waals surface area (Å²) in [4.78, 5) is 27.3. The summed E-state index contributed by atoms with van der Waals surface area (Å²) in [6.45, 7) is 0.191. The standard InChI is InChI=1S/C22H17F3N2O3/c23-22(24,25)16-7-3-8-17(12-16)26-20(28)18-11-14-5-1-2-6-15(14)13-27(18)21(29)19-9-4-10-30-19/h1-10,12,18H,11,13H2,(H,26,28). The molecule has 0 bridgehead atoms. The third-order valence-corrected chi connectivity index (χ3v) is 5.00. The highest BCUT2D eigenvalue weighted by Crippen LogP contribution is 2.31. The second-order valence-corrected chi connectivity index (χ2v) is 6.97. The Morgan fingerprint density at radius 2 is 1.77 bits per heavy atom. The molecule has 1 aliphatic heterocycles. The van der Waals surface area contributed by atoms with E-state index in [0.29, 0.717) is 0 Å². The van der Waals surface area contributed by atoms with E-state index in [0.717, 1.165) is 23.3 Å². The lowest BCUT2D eigenvalue weighted by atomic mass is 9.93. The molecule has 30 heavy (non-hydrogen) atoms. The SMILES string of the molecule is O=C(Nc1cccc(C(F)(F)F)c1)C1Cc2ccccc2CN1C(=O)c1ccco1. The zero-order valence-electron chi connectivity index (χ0n) is 15.6. The lowest BCUT2D eigenvalue weighted by molar-refractivity contribution is -0.137. The van der Waals surface area contributed by atoms with E-state index in [1.54, 1.807) is 6.07 Å². The molecule has 2 amide bonds. The van der Waals surface area contributed by atoms with Crippen molar-refractivity contribution in [1.29, 1.82) is 0 Å². The molecule has 2 aromatic carbocycles. The van der Waals surface area contributed by atoms with Gasteiger partial charge in [-0.15, -0.1) is 0 Å². The molecule has 0 spiro atoms. The number of benzene rings is 2. The van der Waals surface area contributed by atoms with Crippen LogP contribution in [0.3, 0.4) is 0 Å². The maximum atomic E-state index is 13.0. The van der Waals surface area contributed by atoms with Crippen LogP contribution in [0.5, 0.6) is 0 Å². The number of alkyl halides is 3. The number of fused-ring (bicyclic) bond motifs is 1. The van der Waals surface area contributed by atoms with Crippen molar-refractivity contribution in [3.05, 3.63) is 89.4 Å². The Morgan fingerprint density at radius 3 is 2.47 bits per heavy atom. The van der Waals surface area contributed by atoms with Crippen LogP contribution in [-0.4, -0.2) is 22.8 Å². The van der Waals surface area contributed by atoms with Crippen LogP contribution < -0.4 is 5.32 Å². The summed E-state index contributed by atoms with van der Waals surface area (Å²) < 4.78 is 44.1. The van der Waals surface area contributed by atoms with Crippen molar-refractivity contribution in [2.24, 2.45) is 0 Å². The van der Waals surface area contributed by atoms with Crippen molar-refractivity contribution < 1.29 is 27.2 Å². The van der Waals surface area contributed by atoms with Gasteiger partial charge in [-0.3, -0.25) is 9.59 Å². The monoisotopic (exact) mass is 414 g/mol. The Balaban J connectivity index is 1.62. The van der Waals surface area contributed by atoms with E-state index in [4.69, 9.17) is 4.42 Å². The fraction of sp³-hybridized carbons (Fsp3) is 0.182. The zero-order valence-corrected chi connectivity index (χ0v) is 15.6. The molecular weight excluding hydrogens is 397 g/mol. The first-order valence-corrected chi connectivity index (χ1v) is 9.22. The Kier molecular flexibility index (Phi) is 5.07. The quantitative estimate of drug-likeness (QED) is 0.686. The van der Waals surface area contributed by atoms with Crippen LogP contribution in [0, 0.1) is 0 Å². The molecule has 1 aromatic heterocycles. The second-order valence-electron chi connectivity index (χ2n) is 6.97. The van der Waals surface area contributed by atoms with E-state index >= 15 is 0 Å². The minimum Gasteiger partial charge on any atom is -0.459 e. The number of amides is 2. The van der Waals surface area contributed by atoms with Crippen molar-refractivity contribution in [3.63, 3.8) is 0 Å². The van der Waals surface area contributed by atoms with Crippen molar-refractivity contribution in [1.82, 2.24) is 4.90 Å². The van der Waals surface area contributed by atoms with E-state index in [2.05, 4.69) is 5.32 Å². The molecule has 3 aromatic rings. The van der Waals surface area contributed by atoms with E-state index in [1.807, 2.05) is 24.3 Å². The fourth-order valence-electron chi connectivity index (χ4n) is 3.51. The van der Waals surface area contributed by atoms with Crippen LogP contribution in [0.4, 0.5) is 18.9 Å². The summed E-state index contributed by atoms with van der Waals surface area (Å²) in [6, 6.07) is 14.0. The molecular formula is C22H17F3N2O3. The number of hydrogen-bond acceptors (Lipinski definition) is 3. The maximum Gasteiger partial charge on any atom is 0.416 e. The van der Waals surface area contributed by atoms with Gasteiger partial charge < -0.3 is 14.6 Å². The number of furan rings is 1. The molecule has 1 aliphatic rings. The normalized spacial score (nSPS) is 16.1. The third-order valence-electron chi connectivity index (χ3n) is 5.00. The minimum absolute atomic E-state index is 0.0130. The van der Waals surface area contributed by atoms with E-state index in [-0.39, 0.29) is 24.4 Å². The van der Waals surface area contributed by atoms with Crippen LogP contribution in [-0.2, 0) is 23.9 Å². The third kappa shape index (κ3) is 3.94. The topological polar surface area (TPSA) is 62.6 Å².